The van der Waals surface area contributed by atoms with Crippen LogP contribution in [0.3, 0.4) is 0 Å². The molecule has 1 N–H and O–H groups in total. The van der Waals surface area contributed by atoms with Crippen LogP contribution in [0, 0.1) is 23.7 Å². The van der Waals surface area contributed by atoms with Crippen molar-refractivity contribution in [2.75, 3.05) is 26.7 Å². The van der Waals surface area contributed by atoms with E-state index >= 15 is 0 Å². The topological polar surface area (TPSA) is 46.5 Å². The van der Waals surface area contributed by atoms with Crippen LogP contribution in [-0.4, -0.2) is 48.2 Å². The van der Waals surface area contributed by atoms with Crippen molar-refractivity contribution in [3.63, 3.8) is 0 Å². The van der Waals surface area contributed by atoms with Gasteiger partial charge in [-0.05, 0) is 74.9 Å². The number of amides is 1. The Balaban J connectivity index is 1.49. The second-order valence-electron chi connectivity index (χ2n) is 11.7. The number of para-hydroxylation sites is 1. The molecular formula is C28H41N3O2. The van der Waals surface area contributed by atoms with Gasteiger partial charge >= 0.3 is 0 Å². The number of nitrogens with one attached hydrogen (secondary N) is 1. The first-order valence-electron chi connectivity index (χ1n) is 13.0. The van der Waals surface area contributed by atoms with Crippen molar-refractivity contribution < 1.29 is 9.53 Å². The number of methoxy groups -OCH3 is 1. The summed E-state index contributed by atoms with van der Waals surface area (Å²) in [4.78, 5) is 16.4. The predicted molar refractivity (Wildman–Crippen MR) is 134 cm³/mol. The van der Waals surface area contributed by atoms with Crippen molar-refractivity contribution >= 4 is 16.8 Å². The fraction of sp³-hybridized carbons (Fsp3) is 0.679. The second-order valence-corrected chi connectivity index (χ2v) is 11.7. The highest BCUT2D eigenvalue weighted by atomic mass is 16.5. The molecule has 33 heavy (non-hydrogen) atoms. The van der Waals surface area contributed by atoms with Crippen LogP contribution in [0.15, 0.2) is 18.2 Å². The number of hydrogen-bond acceptors (Lipinski definition) is 3. The number of carbonyl (C=O) groups is 1. The Morgan fingerprint density at radius 3 is 2.58 bits per heavy atom. The normalized spacial score (nSPS) is 29.0. The smallest absolute Gasteiger partial charge is 0.253 e. The Hall–Kier alpha value is -2.01. The molecule has 1 amide bonds. The largest absolute Gasteiger partial charge is 0.495 e. The summed E-state index contributed by atoms with van der Waals surface area (Å²) < 4.78 is 8.09. The molecule has 180 valence electrons. The van der Waals surface area contributed by atoms with E-state index < -0.39 is 0 Å². The molecule has 3 fully saturated rings. The monoisotopic (exact) mass is 451 g/mol. The first-order valence-corrected chi connectivity index (χ1v) is 13.0. The average molecular weight is 452 g/mol. The Labute approximate surface area is 198 Å². The van der Waals surface area contributed by atoms with Gasteiger partial charge in [0.05, 0.1) is 18.2 Å². The van der Waals surface area contributed by atoms with Crippen molar-refractivity contribution in [1.29, 1.82) is 0 Å². The molecule has 0 spiro atoms. The summed E-state index contributed by atoms with van der Waals surface area (Å²) in [6.07, 6.45) is 7.67. The highest BCUT2D eigenvalue weighted by Crippen LogP contribution is 2.62. The zero-order chi connectivity index (χ0) is 23.4. The van der Waals surface area contributed by atoms with Crippen molar-refractivity contribution in [2.24, 2.45) is 16.7 Å². The number of likely N-dealkylation sites (tertiary alicyclic amines) is 1. The Morgan fingerprint density at radius 2 is 1.91 bits per heavy atom. The van der Waals surface area contributed by atoms with Gasteiger partial charge < -0.3 is 19.5 Å². The third-order valence-corrected chi connectivity index (χ3v) is 9.39. The molecule has 1 aromatic carbocycles. The van der Waals surface area contributed by atoms with E-state index in [1.165, 1.54) is 51.6 Å². The van der Waals surface area contributed by atoms with Crippen LogP contribution in [0.4, 0.5) is 0 Å². The van der Waals surface area contributed by atoms with E-state index in [4.69, 9.17) is 4.74 Å². The number of aromatic nitrogens is 1. The van der Waals surface area contributed by atoms with E-state index in [1.54, 1.807) is 7.11 Å². The summed E-state index contributed by atoms with van der Waals surface area (Å²) in [6, 6.07) is 6.33. The molecule has 1 aromatic heterocycles. The first kappa shape index (κ1) is 22.8. The molecule has 2 saturated carbocycles. The van der Waals surface area contributed by atoms with Gasteiger partial charge in [-0.3, -0.25) is 4.79 Å². The molecule has 3 aliphatic rings. The van der Waals surface area contributed by atoms with Gasteiger partial charge in [0.1, 0.15) is 5.75 Å². The number of nitrogens with zero attached hydrogens (tertiary/aromatic N) is 2. The van der Waals surface area contributed by atoms with Gasteiger partial charge in [0.25, 0.3) is 5.91 Å². The van der Waals surface area contributed by atoms with Gasteiger partial charge in [-0.2, -0.15) is 0 Å². The third-order valence-electron chi connectivity index (χ3n) is 9.39. The lowest BCUT2D eigenvalue weighted by molar-refractivity contribution is 0.0738. The van der Waals surface area contributed by atoms with Crippen LogP contribution in [0.2, 0.25) is 0 Å². The van der Waals surface area contributed by atoms with Crippen molar-refractivity contribution in [1.82, 2.24) is 14.8 Å². The van der Waals surface area contributed by atoms with Crippen LogP contribution in [0.1, 0.15) is 75.3 Å². The maximum Gasteiger partial charge on any atom is 0.253 e. The Morgan fingerprint density at radius 1 is 1.15 bits per heavy atom. The average Bonchev–Trinajstić information content (AvgIpc) is 3.39. The minimum absolute atomic E-state index is 0.0781. The lowest BCUT2D eigenvalue weighted by Crippen LogP contribution is -2.52. The van der Waals surface area contributed by atoms with Gasteiger partial charge in [-0.1, -0.05) is 39.3 Å². The summed E-state index contributed by atoms with van der Waals surface area (Å²) in [7, 11) is 1.73. The quantitative estimate of drug-likeness (QED) is 0.641. The molecule has 2 bridgehead atoms. The summed E-state index contributed by atoms with van der Waals surface area (Å²) in [5.41, 5.74) is 3.28. The molecule has 5 nitrogen and oxygen atoms in total. The van der Waals surface area contributed by atoms with Crippen LogP contribution < -0.4 is 10.1 Å². The molecule has 2 unspecified atom stereocenters. The predicted octanol–water partition coefficient (Wildman–Crippen LogP) is 5.39. The van der Waals surface area contributed by atoms with E-state index in [0.29, 0.717) is 5.92 Å². The van der Waals surface area contributed by atoms with Gasteiger partial charge in [0.2, 0.25) is 0 Å². The molecule has 1 aliphatic heterocycles. The fourth-order valence-electron chi connectivity index (χ4n) is 7.52. The van der Waals surface area contributed by atoms with E-state index in [1.807, 2.05) is 12.1 Å². The number of ether oxygens (including phenoxy) is 1. The molecule has 5 heteroatoms. The molecule has 2 heterocycles. The Bertz CT molecular complexity index is 1040. The van der Waals surface area contributed by atoms with Crippen LogP contribution >= 0.6 is 0 Å². The number of fused-ring (bicyclic) bond motifs is 3. The number of piperidine rings is 1. The number of hydrogen-bond donors (Lipinski definition) is 1. The SMILES string of the molecule is COc1cccc2c(C(=O)NC3C4(C)CC[C@@H](C4)C3(C)C)c(C)n(CCN3CCCCC3)c12. The lowest BCUT2D eigenvalue weighted by Gasteiger charge is -2.43. The van der Waals surface area contributed by atoms with Gasteiger partial charge in [0, 0.05) is 30.2 Å². The van der Waals surface area contributed by atoms with Crippen LogP contribution in [0.5, 0.6) is 5.75 Å². The van der Waals surface area contributed by atoms with Gasteiger partial charge in [-0.25, -0.2) is 0 Å². The molecular weight excluding hydrogens is 410 g/mol. The van der Waals surface area contributed by atoms with Crippen molar-refractivity contribution in [3.8, 4) is 5.75 Å². The Kier molecular flexibility index (Phi) is 5.75. The molecule has 5 rings (SSSR count). The maximum atomic E-state index is 13.9. The minimum atomic E-state index is 0.0781. The molecule has 3 atom stereocenters. The van der Waals surface area contributed by atoms with E-state index in [2.05, 4.69) is 48.5 Å². The standard InChI is InChI=1S/C28H41N3O2/c1-19-23(25(32)29-26-27(2,3)20-12-13-28(26,4)18-20)21-10-9-11-22(33-5)24(21)31(19)17-16-30-14-7-6-8-15-30/h9-11,20,26H,6-8,12-18H2,1-5H3,(H,29,32)/t20-,26?,28?/m0/s1. The molecule has 0 radical (unpaired) electrons. The van der Waals surface area contributed by atoms with E-state index in [9.17, 15) is 4.79 Å². The second kappa shape index (κ2) is 8.33. The van der Waals surface area contributed by atoms with Gasteiger partial charge in [-0.15, -0.1) is 0 Å². The number of benzene rings is 1. The summed E-state index contributed by atoms with van der Waals surface area (Å²) in [5.74, 6) is 1.63. The van der Waals surface area contributed by atoms with Crippen molar-refractivity contribution in [2.45, 2.75) is 78.8 Å². The molecule has 2 aliphatic carbocycles. The van der Waals surface area contributed by atoms with E-state index in [0.717, 1.165) is 41.0 Å². The third kappa shape index (κ3) is 3.67. The fourth-order valence-corrected chi connectivity index (χ4v) is 7.52. The first-order chi connectivity index (χ1) is 15.8. The zero-order valence-corrected chi connectivity index (χ0v) is 21.2. The maximum absolute atomic E-state index is 13.9. The minimum Gasteiger partial charge on any atom is -0.495 e. The van der Waals surface area contributed by atoms with Crippen LogP contribution in [-0.2, 0) is 6.54 Å². The number of carbonyl (C=O) groups excluding carboxylic acids is 1. The zero-order valence-electron chi connectivity index (χ0n) is 21.2. The van der Waals surface area contributed by atoms with Crippen LogP contribution in [0.25, 0.3) is 10.9 Å². The highest BCUT2D eigenvalue weighted by molar-refractivity contribution is 6.09. The summed E-state index contributed by atoms with van der Waals surface area (Å²) in [5, 5.41) is 4.55. The van der Waals surface area contributed by atoms with E-state index in [-0.39, 0.29) is 22.8 Å². The highest BCUT2D eigenvalue weighted by Gasteiger charge is 2.59. The van der Waals surface area contributed by atoms with Crippen molar-refractivity contribution in [3.05, 3.63) is 29.5 Å². The number of rotatable bonds is 6. The summed E-state index contributed by atoms with van der Waals surface area (Å²) in [6.45, 7) is 13.4. The van der Waals surface area contributed by atoms with Gasteiger partial charge in [0.15, 0.2) is 0 Å². The summed E-state index contributed by atoms with van der Waals surface area (Å²) >= 11 is 0. The lowest BCUT2D eigenvalue weighted by atomic mass is 9.68. The molecule has 2 aromatic rings. The molecule has 1 saturated heterocycles.